The minimum atomic E-state index is -4.51. The summed E-state index contributed by atoms with van der Waals surface area (Å²) in [6.07, 6.45) is -2.77. The second-order valence-corrected chi connectivity index (χ2v) is 6.46. The number of carbonyl (C=O) groups is 1. The van der Waals surface area contributed by atoms with E-state index < -0.39 is 23.4 Å². The van der Waals surface area contributed by atoms with Crippen LogP contribution in [0.3, 0.4) is 0 Å². The molecule has 0 aliphatic heterocycles. The van der Waals surface area contributed by atoms with Gasteiger partial charge in [0.2, 0.25) is 0 Å². The third-order valence-corrected chi connectivity index (χ3v) is 3.03. The quantitative estimate of drug-likeness (QED) is 0.796. The number of aromatic nitrogens is 2. The SMILES string of the molecule is CC(C)(C)OC(=O)CCc1cc(C(F)(F)F)nc(C2CC2)n1. The van der Waals surface area contributed by atoms with Crippen LogP contribution in [-0.4, -0.2) is 21.5 Å². The highest BCUT2D eigenvalue weighted by Crippen LogP contribution is 2.39. The Kier molecular flexibility index (Phi) is 4.44. The Morgan fingerprint density at radius 1 is 1.27 bits per heavy atom. The monoisotopic (exact) mass is 316 g/mol. The first kappa shape index (κ1) is 16.7. The van der Waals surface area contributed by atoms with Crippen molar-refractivity contribution in [1.82, 2.24) is 9.97 Å². The summed E-state index contributed by atoms with van der Waals surface area (Å²) >= 11 is 0. The molecule has 0 spiro atoms. The number of rotatable bonds is 4. The van der Waals surface area contributed by atoms with E-state index in [1.54, 1.807) is 20.8 Å². The summed E-state index contributed by atoms with van der Waals surface area (Å²) in [4.78, 5) is 19.4. The summed E-state index contributed by atoms with van der Waals surface area (Å²) in [6, 6.07) is 0.913. The van der Waals surface area contributed by atoms with Gasteiger partial charge in [-0.15, -0.1) is 0 Å². The number of ether oxygens (including phenoxy) is 1. The van der Waals surface area contributed by atoms with Gasteiger partial charge in [0.05, 0.1) is 6.42 Å². The fourth-order valence-electron chi connectivity index (χ4n) is 1.94. The highest BCUT2D eigenvalue weighted by molar-refractivity contribution is 5.70. The zero-order chi connectivity index (χ0) is 16.5. The van der Waals surface area contributed by atoms with Gasteiger partial charge in [0.25, 0.3) is 0 Å². The number of carbonyl (C=O) groups excluding carboxylic acids is 1. The summed E-state index contributed by atoms with van der Waals surface area (Å²) < 4.78 is 43.8. The van der Waals surface area contributed by atoms with Crippen LogP contribution in [-0.2, 0) is 22.1 Å². The Bertz CT molecular complexity index is 561. The van der Waals surface area contributed by atoms with Crippen LogP contribution >= 0.6 is 0 Å². The molecule has 0 bridgehead atoms. The van der Waals surface area contributed by atoms with E-state index in [9.17, 15) is 18.0 Å². The molecule has 0 unspecified atom stereocenters. The molecule has 1 aliphatic rings. The third kappa shape index (κ3) is 4.96. The van der Waals surface area contributed by atoms with Gasteiger partial charge in [-0.3, -0.25) is 4.79 Å². The van der Waals surface area contributed by atoms with Crippen LogP contribution < -0.4 is 0 Å². The normalized spacial score (nSPS) is 15.7. The Morgan fingerprint density at radius 3 is 2.41 bits per heavy atom. The molecule has 1 fully saturated rings. The molecule has 0 aromatic carbocycles. The van der Waals surface area contributed by atoms with Crippen LogP contribution in [0.4, 0.5) is 13.2 Å². The van der Waals surface area contributed by atoms with Crippen LogP contribution in [0, 0.1) is 0 Å². The Hall–Kier alpha value is -1.66. The van der Waals surface area contributed by atoms with Crippen molar-refractivity contribution in [3.63, 3.8) is 0 Å². The third-order valence-electron chi connectivity index (χ3n) is 3.03. The molecule has 22 heavy (non-hydrogen) atoms. The summed E-state index contributed by atoms with van der Waals surface area (Å²) in [5.41, 5.74) is -1.32. The van der Waals surface area contributed by atoms with Crippen molar-refractivity contribution < 1.29 is 22.7 Å². The number of hydrogen-bond acceptors (Lipinski definition) is 4. The summed E-state index contributed by atoms with van der Waals surface area (Å²) in [5, 5.41) is 0. The van der Waals surface area contributed by atoms with Crippen molar-refractivity contribution in [3.8, 4) is 0 Å². The van der Waals surface area contributed by atoms with Gasteiger partial charge in [-0.05, 0) is 39.7 Å². The molecule has 0 saturated heterocycles. The maximum absolute atomic E-state index is 12.9. The standard InChI is InChI=1S/C15H19F3N2O2/c1-14(2,3)22-12(21)7-6-10-8-11(15(16,17)18)20-13(19-10)9-4-5-9/h8-9H,4-7H2,1-3H3. The molecular weight excluding hydrogens is 297 g/mol. The largest absolute Gasteiger partial charge is 0.460 e. The first-order valence-corrected chi connectivity index (χ1v) is 7.21. The number of nitrogens with zero attached hydrogens (tertiary/aromatic N) is 2. The Balaban J connectivity index is 2.10. The van der Waals surface area contributed by atoms with Crippen LogP contribution in [0.1, 0.15) is 63.2 Å². The zero-order valence-corrected chi connectivity index (χ0v) is 12.8. The number of hydrogen-bond donors (Lipinski definition) is 0. The molecule has 0 atom stereocenters. The summed E-state index contributed by atoms with van der Waals surface area (Å²) in [6.45, 7) is 5.22. The first-order chi connectivity index (χ1) is 10.0. The van der Waals surface area contributed by atoms with Crippen LogP contribution in [0.5, 0.6) is 0 Å². The van der Waals surface area contributed by atoms with Crippen LogP contribution in [0.2, 0.25) is 0 Å². The van der Waals surface area contributed by atoms with E-state index in [0.29, 0.717) is 0 Å². The van der Waals surface area contributed by atoms with Crippen molar-refractivity contribution in [2.45, 2.75) is 64.1 Å². The molecule has 4 nitrogen and oxygen atoms in total. The van der Waals surface area contributed by atoms with E-state index in [-0.39, 0.29) is 30.3 Å². The number of alkyl halides is 3. The van der Waals surface area contributed by atoms with Gasteiger partial charge in [-0.2, -0.15) is 13.2 Å². The van der Waals surface area contributed by atoms with Crippen molar-refractivity contribution in [2.75, 3.05) is 0 Å². The molecule has 1 aromatic rings. The Morgan fingerprint density at radius 2 is 1.91 bits per heavy atom. The second-order valence-electron chi connectivity index (χ2n) is 6.46. The van der Waals surface area contributed by atoms with E-state index in [0.717, 1.165) is 18.9 Å². The van der Waals surface area contributed by atoms with Crippen molar-refractivity contribution in [1.29, 1.82) is 0 Å². The molecule has 0 radical (unpaired) electrons. The van der Waals surface area contributed by atoms with Crippen LogP contribution in [0.25, 0.3) is 0 Å². The molecular formula is C15H19F3N2O2. The molecule has 0 N–H and O–H groups in total. The van der Waals surface area contributed by atoms with E-state index in [2.05, 4.69) is 9.97 Å². The molecule has 1 aliphatic carbocycles. The summed E-state index contributed by atoms with van der Waals surface area (Å²) in [7, 11) is 0. The van der Waals surface area contributed by atoms with E-state index >= 15 is 0 Å². The highest BCUT2D eigenvalue weighted by atomic mass is 19.4. The van der Waals surface area contributed by atoms with Crippen molar-refractivity contribution >= 4 is 5.97 Å². The van der Waals surface area contributed by atoms with Crippen molar-refractivity contribution in [3.05, 3.63) is 23.3 Å². The lowest BCUT2D eigenvalue weighted by molar-refractivity contribution is -0.154. The molecule has 1 saturated carbocycles. The maximum Gasteiger partial charge on any atom is 0.433 e. The smallest absolute Gasteiger partial charge is 0.433 e. The molecule has 7 heteroatoms. The van der Waals surface area contributed by atoms with Gasteiger partial charge in [0, 0.05) is 18.0 Å². The fraction of sp³-hybridized carbons (Fsp3) is 0.667. The predicted octanol–water partition coefficient (Wildman–Crippen LogP) is 3.65. The van der Waals surface area contributed by atoms with Gasteiger partial charge in [-0.25, -0.2) is 9.97 Å². The van der Waals surface area contributed by atoms with Gasteiger partial charge in [-0.1, -0.05) is 0 Å². The van der Waals surface area contributed by atoms with E-state index in [1.165, 1.54) is 0 Å². The molecule has 122 valence electrons. The molecule has 1 heterocycles. The van der Waals surface area contributed by atoms with Crippen LogP contribution in [0.15, 0.2) is 6.07 Å². The predicted molar refractivity (Wildman–Crippen MR) is 73.2 cm³/mol. The van der Waals surface area contributed by atoms with Gasteiger partial charge < -0.3 is 4.74 Å². The average molecular weight is 316 g/mol. The first-order valence-electron chi connectivity index (χ1n) is 7.21. The number of aryl methyl sites for hydroxylation is 1. The average Bonchev–Trinajstić information content (AvgIpc) is 3.17. The fourth-order valence-corrected chi connectivity index (χ4v) is 1.94. The van der Waals surface area contributed by atoms with Gasteiger partial charge in [0.15, 0.2) is 0 Å². The highest BCUT2D eigenvalue weighted by Gasteiger charge is 2.36. The lowest BCUT2D eigenvalue weighted by Crippen LogP contribution is -2.24. The summed E-state index contributed by atoms with van der Waals surface area (Å²) in [5.74, 6) is -0.204. The lowest BCUT2D eigenvalue weighted by Gasteiger charge is -2.19. The molecule has 1 aromatic heterocycles. The van der Waals surface area contributed by atoms with Gasteiger partial charge in [0.1, 0.15) is 17.1 Å². The maximum atomic E-state index is 12.9. The minimum absolute atomic E-state index is 0.00428. The Labute approximate surface area is 127 Å². The van der Waals surface area contributed by atoms with Crippen molar-refractivity contribution in [2.24, 2.45) is 0 Å². The number of halogens is 3. The topological polar surface area (TPSA) is 52.1 Å². The van der Waals surface area contributed by atoms with E-state index in [1.807, 2.05) is 0 Å². The van der Waals surface area contributed by atoms with E-state index in [4.69, 9.17) is 4.74 Å². The lowest BCUT2D eigenvalue weighted by atomic mass is 10.1. The molecule has 0 amide bonds. The zero-order valence-electron chi connectivity index (χ0n) is 12.8. The molecule has 2 rings (SSSR count). The second kappa shape index (κ2) is 5.85. The number of esters is 1. The minimum Gasteiger partial charge on any atom is -0.460 e. The van der Waals surface area contributed by atoms with Gasteiger partial charge >= 0.3 is 12.1 Å².